The van der Waals surface area contributed by atoms with Gasteiger partial charge in [-0.25, -0.2) is 0 Å². The van der Waals surface area contributed by atoms with Crippen LogP contribution in [0.3, 0.4) is 0 Å². The van der Waals surface area contributed by atoms with Crippen molar-refractivity contribution < 1.29 is 38.1 Å². The zero-order valence-electron chi connectivity index (χ0n) is 22.4. The first-order valence-electron chi connectivity index (χ1n) is 13.0. The third kappa shape index (κ3) is 4.94. The molecule has 0 spiro atoms. The molecule has 0 aliphatic carbocycles. The second-order valence-corrected chi connectivity index (χ2v) is 8.66. The topological polar surface area (TPSA) is 84.2 Å². The molecule has 1 amide bonds. The number of benzene rings is 2. The molecule has 2 N–H and O–H groups in total. The fraction of sp³-hybridized carbons (Fsp3) is 0.400. The zero-order chi connectivity index (χ0) is 28.2. The van der Waals surface area contributed by atoms with Crippen LogP contribution in [-0.2, 0) is 10.7 Å². The summed E-state index contributed by atoms with van der Waals surface area (Å²) in [7, 11) is 0. The van der Waals surface area contributed by atoms with Crippen molar-refractivity contribution >= 4 is 28.5 Å². The SMILES string of the molecule is [2H]C1([2H])CCC([2H])([2H])N1C[C@@H](NC(=O)C(F)(F)c1cc2cc(Cl)ccc2o1)[C@H](O)c1ccc2c(c1)OCCO2. The quantitative estimate of drug-likeness (QED) is 0.494. The van der Waals surface area contributed by atoms with Crippen LogP contribution in [0.25, 0.3) is 11.0 Å². The first-order valence-corrected chi connectivity index (χ1v) is 11.4. The summed E-state index contributed by atoms with van der Waals surface area (Å²) >= 11 is 5.92. The van der Waals surface area contributed by atoms with Crippen LogP contribution in [0.5, 0.6) is 11.5 Å². The van der Waals surface area contributed by atoms with Gasteiger partial charge in [-0.3, -0.25) is 4.79 Å². The number of furan rings is 1. The molecular formula is C25H25ClF2N2O5. The molecule has 3 heterocycles. The number of rotatable bonds is 7. The van der Waals surface area contributed by atoms with Gasteiger partial charge in [0, 0.05) is 22.4 Å². The Kier molecular flexibility index (Phi) is 5.32. The second-order valence-electron chi connectivity index (χ2n) is 8.22. The second kappa shape index (κ2) is 9.64. The van der Waals surface area contributed by atoms with Gasteiger partial charge in [-0.15, -0.1) is 0 Å². The molecule has 0 saturated carbocycles. The number of nitrogens with one attached hydrogen (secondary N) is 1. The number of amides is 1. The fourth-order valence-corrected chi connectivity index (χ4v) is 4.18. The largest absolute Gasteiger partial charge is 0.486 e. The van der Waals surface area contributed by atoms with Gasteiger partial charge in [0.25, 0.3) is 5.91 Å². The van der Waals surface area contributed by atoms with Crippen LogP contribution in [0, 0.1) is 0 Å². The smallest absolute Gasteiger partial charge is 0.380 e. The maximum absolute atomic E-state index is 15.3. The van der Waals surface area contributed by atoms with E-state index < -0.39 is 49.3 Å². The third-order valence-electron chi connectivity index (χ3n) is 5.79. The van der Waals surface area contributed by atoms with Crippen LogP contribution in [0.15, 0.2) is 46.9 Å². The summed E-state index contributed by atoms with van der Waals surface area (Å²) in [4.78, 5) is 13.8. The number of aliphatic hydroxyl groups is 1. The number of hydrogen-bond donors (Lipinski definition) is 2. The van der Waals surface area contributed by atoms with Crippen LogP contribution < -0.4 is 14.8 Å². The molecule has 0 unspecified atom stereocenters. The number of likely N-dealkylation sites (tertiary alicyclic amines) is 1. The van der Waals surface area contributed by atoms with Crippen LogP contribution >= 0.6 is 11.6 Å². The highest BCUT2D eigenvalue weighted by Gasteiger charge is 2.46. The van der Waals surface area contributed by atoms with Crippen LogP contribution in [0.1, 0.15) is 35.8 Å². The normalized spacial score (nSPS) is 22.5. The lowest BCUT2D eigenvalue weighted by Gasteiger charge is -2.30. The van der Waals surface area contributed by atoms with Gasteiger partial charge in [0.2, 0.25) is 0 Å². The van der Waals surface area contributed by atoms with Crippen molar-refractivity contribution in [1.29, 1.82) is 0 Å². The van der Waals surface area contributed by atoms with Crippen molar-refractivity contribution in [3.05, 3.63) is 58.8 Å². The van der Waals surface area contributed by atoms with Gasteiger partial charge in [0.15, 0.2) is 17.3 Å². The summed E-state index contributed by atoms with van der Waals surface area (Å²) in [6.45, 7) is -4.29. The number of aliphatic hydroxyl groups excluding tert-OH is 1. The molecule has 7 nitrogen and oxygen atoms in total. The molecule has 35 heavy (non-hydrogen) atoms. The molecular weight excluding hydrogens is 482 g/mol. The number of ether oxygens (including phenoxy) is 2. The van der Waals surface area contributed by atoms with Gasteiger partial charge in [-0.05, 0) is 67.8 Å². The molecule has 2 aliphatic rings. The molecule has 0 radical (unpaired) electrons. The summed E-state index contributed by atoms with van der Waals surface area (Å²) in [5, 5.41) is 13.9. The minimum Gasteiger partial charge on any atom is -0.486 e. The maximum atomic E-state index is 15.3. The Morgan fingerprint density at radius 1 is 1.14 bits per heavy atom. The Morgan fingerprint density at radius 3 is 2.66 bits per heavy atom. The Labute approximate surface area is 211 Å². The zero-order valence-corrected chi connectivity index (χ0v) is 19.1. The van der Waals surface area contributed by atoms with Crippen molar-refractivity contribution in [1.82, 2.24) is 10.2 Å². The van der Waals surface area contributed by atoms with E-state index in [1.807, 2.05) is 0 Å². The number of fused-ring (bicyclic) bond motifs is 2. The monoisotopic (exact) mass is 510 g/mol. The highest BCUT2D eigenvalue weighted by molar-refractivity contribution is 6.31. The molecule has 2 aromatic carbocycles. The average molecular weight is 511 g/mol. The van der Waals surface area contributed by atoms with Gasteiger partial charge in [0.05, 0.1) is 6.04 Å². The Hall–Kier alpha value is -2.88. The van der Waals surface area contributed by atoms with Crippen LogP contribution in [-0.4, -0.2) is 54.7 Å². The summed E-state index contributed by atoms with van der Waals surface area (Å²) in [5.41, 5.74) is 0.264. The standard InChI is InChI=1S/C25H25ClF2N2O5/c26-17-4-6-19-16(11-17)13-22(35-19)25(27,28)24(32)29-18(14-30-7-1-2-8-30)23(31)15-3-5-20-21(12-15)34-10-9-33-20/h3-6,11-13,18,23,31H,1-2,7-10,14H2,(H,29,32)/t18-,23-/m1/s1/i7D2,8D2. The lowest BCUT2D eigenvalue weighted by molar-refractivity contribution is -0.151. The first-order chi connectivity index (χ1) is 18.3. The predicted molar refractivity (Wildman–Crippen MR) is 125 cm³/mol. The van der Waals surface area contributed by atoms with E-state index in [1.54, 1.807) is 0 Å². The minimum atomic E-state index is -4.18. The summed E-state index contributed by atoms with van der Waals surface area (Å²) in [6, 6.07) is 8.11. The molecule has 10 heteroatoms. The van der Waals surface area contributed by atoms with Crippen molar-refractivity contribution in [2.45, 2.75) is 30.9 Å². The van der Waals surface area contributed by atoms with Crippen LogP contribution in [0.2, 0.25) is 5.02 Å². The average Bonchev–Trinajstić information content (AvgIpc) is 3.41. The van der Waals surface area contributed by atoms with E-state index in [2.05, 4.69) is 5.32 Å². The van der Waals surface area contributed by atoms with Gasteiger partial charge in [-0.2, -0.15) is 8.78 Å². The Balaban J connectivity index is 1.46. The van der Waals surface area contributed by atoms with Crippen molar-refractivity contribution in [3.63, 3.8) is 0 Å². The van der Waals surface area contributed by atoms with Gasteiger partial charge < -0.3 is 29.2 Å². The maximum Gasteiger partial charge on any atom is 0.380 e. The highest BCUT2D eigenvalue weighted by atomic mass is 35.5. The fourth-order valence-electron chi connectivity index (χ4n) is 4.00. The predicted octanol–water partition coefficient (Wildman–Crippen LogP) is 4.26. The molecule has 2 aliphatic heterocycles. The van der Waals surface area contributed by atoms with E-state index in [4.69, 9.17) is 31.0 Å². The molecule has 0 bridgehead atoms. The first kappa shape index (κ1) is 19.3. The summed E-state index contributed by atoms with van der Waals surface area (Å²) in [6.07, 6.45) is -1.95. The van der Waals surface area contributed by atoms with Crippen molar-refractivity contribution in [2.75, 3.05) is 32.8 Å². The number of halogens is 3. The van der Waals surface area contributed by atoms with E-state index in [9.17, 15) is 9.90 Å². The van der Waals surface area contributed by atoms with E-state index in [1.165, 1.54) is 36.4 Å². The molecule has 1 fully saturated rings. The van der Waals surface area contributed by atoms with Crippen molar-refractivity contribution in [2.24, 2.45) is 0 Å². The number of carbonyl (C=O) groups is 1. The van der Waals surface area contributed by atoms with Gasteiger partial charge >= 0.3 is 5.92 Å². The number of nitrogens with zero attached hydrogens (tertiary/aromatic N) is 1. The minimum absolute atomic E-state index is 0.0909. The highest BCUT2D eigenvalue weighted by Crippen LogP contribution is 2.36. The molecule has 3 aromatic rings. The number of carbonyl (C=O) groups excluding carboxylic acids is 1. The number of hydrogen-bond acceptors (Lipinski definition) is 6. The summed E-state index contributed by atoms with van der Waals surface area (Å²) < 4.78 is 79.8. The Bertz CT molecular complexity index is 1390. The molecule has 1 aromatic heterocycles. The van der Waals surface area contributed by atoms with Gasteiger partial charge in [0.1, 0.15) is 24.9 Å². The van der Waals surface area contributed by atoms with Crippen molar-refractivity contribution in [3.8, 4) is 11.5 Å². The van der Waals surface area contributed by atoms with Crippen LogP contribution in [0.4, 0.5) is 8.78 Å². The van der Waals surface area contributed by atoms with Gasteiger partial charge in [-0.1, -0.05) is 17.7 Å². The number of alkyl halides is 2. The Morgan fingerprint density at radius 2 is 1.89 bits per heavy atom. The summed E-state index contributed by atoms with van der Waals surface area (Å²) in [5.74, 6) is -6.21. The van der Waals surface area contributed by atoms with E-state index in [0.717, 1.165) is 11.0 Å². The third-order valence-corrected chi connectivity index (χ3v) is 6.02. The lowest BCUT2D eigenvalue weighted by Crippen LogP contribution is -2.50. The lowest BCUT2D eigenvalue weighted by atomic mass is 10.0. The van der Waals surface area contributed by atoms with E-state index >= 15 is 8.78 Å². The molecule has 1 saturated heterocycles. The van der Waals surface area contributed by atoms with E-state index in [-0.39, 0.29) is 36.0 Å². The molecule has 2 atom stereocenters. The van der Waals surface area contributed by atoms with E-state index in [0.29, 0.717) is 23.1 Å². The molecule has 5 rings (SSSR count). The molecule has 186 valence electrons.